The van der Waals surface area contributed by atoms with Crippen LogP contribution in [-0.4, -0.2) is 40.7 Å². The molecule has 1 fully saturated rings. The molecule has 2 atom stereocenters. The van der Waals surface area contributed by atoms with Crippen LogP contribution in [0.5, 0.6) is 0 Å². The van der Waals surface area contributed by atoms with E-state index in [2.05, 4.69) is 5.32 Å². The molecule has 1 saturated heterocycles. The highest BCUT2D eigenvalue weighted by Gasteiger charge is 2.31. The molecule has 0 aliphatic carbocycles. The summed E-state index contributed by atoms with van der Waals surface area (Å²) in [4.78, 5) is 47.7. The summed E-state index contributed by atoms with van der Waals surface area (Å²) in [5, 5.41) is 1.36. The lowest BCUT2D eigenvalue weighted by Crippen LogP contribution is -2.36. The Morgan fingerprint density at radius 2 is 2.12 bits per heavy atom. The molecule has 0 spiro atoms. The minimum absolute atomic E-state index is 0.0886. The van der Waals surface area contributed by atoms with E-state index >= 15 is 0 Å². The molecule has 1 aliphatic rings. The summed E-state index contributed by atoms with van der Waals surface area (Å²) in [5.74, 6) is -2.74. The number of carbonyl (C=O) groups is 4. The zero-order chi connectivity index (χ0) is 18.4. The molecule has 1 aromatic carbocycles. The molecule has 0 bridgehead atoms. The third-order valence-corrected chi connectivity index (χ3v) is 4.61. The molecular formula is C17H18FNO5S. The van der Waals surface area contributed by atoms with Gasteiger partial charge in [-0.05, 0) is 31.5 Å². The Balaban J connectivity index is 2.04. The van der Waals surface area contributed by atoms with Crippen LogP contribution in [0, 0.1) is 5.82 Å². The number of thioether (sulfide) groups is 1. The Morgan fingerprint density at radius 3 is 2.72 bits per heavy atom. The Labute approximate surface area is 148 Å². The van der Waals surface area contributed by atoms with E-state index < -0.39 is 34.8 Å². The van der Waals surface area contributed by atoms with E-state index in [0.717, 1.165) is 12.5 Å². The van der Waals surface area contributed by atoms with Crippen molar-refractivity contribution in [3.63, 3.8) is 0 Å². The molecule has 1 aromatic rings. The van der Waals surface area contributed by atoms with Gasteiger partial charge in [0.2, 0.25) is 0 Å². The monoisotopic (exact) mass is 367 g/mol. The first-order valence-corrected chi connectivity index (χ1v) is 8.69. The van der Waals surface area contributed by atoms with E-state index in [9.17, 15) is 23.6 Å². The van der Waals surface area contributed by atoms with Crippen LogP contribution in [0.3, 0.4) is 0 Å². The second-order valence-corrected chi connectivity index (χ2v) is 7.00. The Bertz CT molecular complexity index is 687. The first kappa shape index (κ1) is 19.3. The van der Waals surface area contributed by atoms with Crippen molar-refractivity contribution in [2.75, 3.05) is 6.54 Å². The van der Waals surface area contributed by atoms with Gasteiger partial charge in [-0.3, -0.25) is 14.4 Å². The van der Waals surface area contributed by atoms with E-state index in [1.165, 1.54) is 25.1 Å². The summed E-state index contributed by atoms with van der Waals surface area (Å²) in [6.07, 6.45) is 1.01. The van der Waals surface area contributed by atoms with Gasteiger partial charge in [0, 0.05) is 18.9 Å². The lowest BCUT2D eigenvalue weighted by molar-refractivity contribution is -0.160. The van der Waals surface area contributed by atoms with Gasteiger partial charge in [0.25, 0.3) is 0 Å². The molecule has 8 heteroatoms. The molecule has 1 N–H and O–H groups in total. The number of esters is 2. The molecule has 0 radical (unpaired) electrons. The highest BCUT2D eigenvalue weighted by molar-refractivity contribution is 8.14. The molecule has 134 valence electrons. The van der Waals surface area contributed by atoms with Crippen LogP contribution in [0.25, 0.3) is 0 Å². The third-order valence-electron chi connectivity index (χ3n) is 3.63. The minimum atomic E-state index is -1.15. The van der Waals surface area contributed by atoms with Crippen molar-refractivity contribution in [1.29, 1.82) is 0 Å². The van der Waals surface area contributed by atoms with Crippen LogP contribution < -0.4 is 5.32 Å². The zero-order valence-corrected chi connectivity index (χ0v) is 14.4. The first-order chi connectivity index (χ1) is 11.9. The van der Waals surface area contributed by atoms with Crippen LogP contribution in [-0.2, 0) is 19.1 Å². The highest BCUT2D eigenvalue weighted by atomic mass is 32.2. The smallest absolute Gasteiger partial charge is 0.330 e. The summed E-state index contributed by atoms with van der Waals surface area (Å²) < 4.78 is 18.0. The summed E-state index contributed by atoms with van der Waals surface area (Å²) >= 11 is 0.619. The van der Waals surface area contributed by atoms with Gasteiger partial charge in [-0.25, -0.2) is 9.18 Å². The summed E-state index contributed by atoms with van der Waals surface area (Å²) in [7, 11) is 0. The fourth-order valence-electron chi connectivity index (χ4n) is 2.44. The van der Waals surface area contributed by atoms with Gasteiger partial charge >= 0.3 is 11.9 Å². The molecule has 6 nitrogen and oxygen atoms in total. The van der Waals surface area contributed by atoms with Crippen molar-refractivity contribution < 1.29 is 28.3 Å². The SMILES string of the molecule is CC(=O)SC(CC(=O)c1cccc(F)c1)C(=O)OC(=O)[C@@H]1CCCN1. The van der Waals surface area contributed by atoms with Gasteiger partial charge in [0.1, 0.15) is 17.1 Å². The topological polar surface area (TPSA) is 89.5 Å². The molecule has 25 heavy (non-hydrogen) atoms. The highest BCUT2D eigenvalue weighted by Crippen LogP contribution is 2.21. The number of carbonyl (C=O) groups excluding carboxylic acids is 4. The molecule has 0 amide bonds. The van der Waals surface area contributed by atoms with Crippen molar-refractivity contribution in [1.82, 2.24) is 5.32 Å². The van der Waals surface area contributed by atoms with Gasteiger partial charge in [-0.1, -0.05) is 23.9 Å². The number of Topliss-reactive ketones (excluding diaryl/α,β-unsaturated/α-hetero) is 1. The predicted molar refractivity (Wildman–Crippen MR) is 89.5 cm³/mol. The molecule has 1 heterocycles. The van der Waals surface area contributed by atoms with Gasteiger partial charge in [0.15, 0.2) is 10.9 Å². The van der Waals surface area contributed by atoms with Gasteiger partial charge in [-0.15, -0.1) is 0 Å². The van der Waals surface area contributed by atoms with Crippen LogP contribution in [0.4, 0.5) is 4.39 Å². The summed E-state index contributed by atoms with van der Waals surface area (Å²) in [6.45, 7) is 1.91. The molecule has 0 saturated carbocycles. The standard InChI is InChI=1S/C17H18FNO5S/c1-10(20)25-15(9-14(21)11-4-2-5-12(18)8-11)17(23)24-16(22)13-6-3-7-19-13/h2,4-5,8,13,15,19H,3,6-7,9H2,1H3/t13-,15?/m0/s1. The number of ketones is 1. The van der Waals surface area contributed by atoms with Crippen molar-refractivity contribution in [2.45, 2.75) is 37.5 Å². The second-order valence-electron chi connectivity index (χ2n) is 5.62. The van der Waals surface area contributed by atoms with Gasteiger partial charge in [-0.2, -0.15) is 0 Å². The number of hydrogen-bond donors (Lipinski definition) is 1. The Hall–Kier alpha value is -2.06. The van der Waals surface area contributed by atoms with E-state index in [0.29, 0.717) is 24.7 Å². The normalized spacial score (nSPS) is 17.8. The number of nitrogens with one attached hydrogen (secondary N) is 1. The van der Waals surface area contributed by atoms with Crippen molar-refractivity contribution >= 4 is 34.6 Å². The number of rotatable bonds is 6. The van der Waals surface area contributed by atoms with Crippen molar-refractivity contribution in [3.8, 4) is 0 Å². The maximum absolute atomic E-state index is 13.2. The maximum atomic E-state index is 13.2. The van der Waals surface area contributed by atoms with E-state index in [4.69, 9.17) is 4.74 Å². The molecule has 0 aromatic heterocycles. The molecule has 2 rings (SSSR count). The van der Waals surface area contributed by atoms with E-state index in [1.807, 2.05) is 0 Å². The largest absolute Gasteiger partial charge is 0.391 e. The minimum Gasteiger partial charge on any atom is -0.391 e. The average Bonchev–Trinajstić information content (AvgIpc) is 3.08. The van der Waals surface area contributed by atoms with Gasteiger partial charge < -0.3 is 10.1 Å². The first-order valence-electron chi connectivity index (χ1n) is 7.81. The molecule has 1 unspecified atom stereocenters. The lowest BCUT2D eigenvalue weighted by atomic mass is 10.1. The summed E-state index contributed by atoms with van der Waals surface area (Å²) in [5.41, 5.74) is 0.0886. The van der Waals surface area contributed by atoms with Gasteiger partial charge in [0.05, 0.1) is 0 Å². The predicted octanol–water partition coefficient (Wildman–Crippen LogP) is 1.87. The third kappa shape index (κ3) is 5.75. The lowest BCUT2D eigenvalue weighted by Gasteiger charge is -2.15. The zero-order valence-electron chi connectivity index (χ0n) is 13.6. The quantitative estimate of drug-likeness (QED) is 0.466. The number of halogens is 1. The Kier molecular flexibility index (Phi) is 6.83. The van der Waals surface area contributed by atoms with Crippen molar-refractivity contribution in [3.05, 3.63) is 35.6 Å². The van der Waals surface area contributed by atoms with E-state index in [-0.39, 0.29) is 17.1 Å². The maximum Gasteiger partial charge on any atom is 0.330 e. The van der Waals surface area contributed by atoms with Crippen LogP contribution >= 0.6 is 11.8 Å². The molecule has 1 aliphatic heterocycles. The number of hydrogen-bond acceptors (Lipinski definition) is 7. The fraction of sp³-hybridized carbons (Fsp3) is 0.412. The van der Waals surface area contributed by atoms with Crippen LogP contribution in [0.1, 0.15) is 36.5 Å². The second kappa shape index (κ2) is 8.87. The Morgan fingerprint density at radius 1 is 1.36 bits per heavy atom. The molecular weight excluding hydrogens is 349 g/mol. The summed E-state index contributed by atoms with van der Waals surface area (Å²) in [6, 6.07) is 4.49. The number of benzene rings is 1. The van der Waals surface area contributed by atoms with Crippen molar-refractivity contribution in [2.24, 2.45) is 0 Å². The number of ether oxygens (including phenoxy) is 1. The van der Waals surface area contributed by atoms with Crippen LogP contribution in [0.15, 0.2) is 24.3 Å². The van der Waals surface area contributed by atoms with Crippen LogP contribution in [0.2, 0.25) is 0 Å². The average molecular weight is 367 g/mol. The fourth-order valence-corrected chi connectivity index (χ4v) is 3.22. The van der Waals surface area contributed by atoms with E-state index in [1.54, 1.807) is 0 Å².